The van der Waals surface area contributed by atoms with Crippen LogP contribution in [0.4, 0.5) is 0 Å². The van der Waals surface area contributed by atoms with Crippen molar-refractivity contribution in [2.75, 3.05) is 0 Å². The predicted molar refractivity (Wildman–Crippen MR) is 65.8 cm³/mol. The van der Waals surface area contributed by atoms with Gasteiger partial charge < -0.3 is 4.84 Å². The number of rotatable bonds is 2. The molecule has 5 heteroatoms. The van der Waals surface area contributed by atoms with Crippen LogP contribution >= 0.6 is 15.9 Å². The Labute approximate surface area is 106 Å². The molecule has 1 aromatic carbocycles. The van der Waals surface area contributed by atoms with Crippen molar-refractivity contribution in [2.24, 2.45) is 0 Å². The fourth-order valence-electron chi connectivity index (χ4n) is 1.25. The molecule has 86 valence electrons. The first-order valence-corrected chi connectivity index (χ1v) is 5.62. The molecule has 0 aliphatic carbocycles. The molecule has 0 amide bonds. The largest absolute Gasteiger partial charge is 0.363 e. The van der Waals surface area contributed by atoms with E-state index in [0.717, 1.165) is 9.20 Å². The zero-order valence-corrected chi connectivity index (χ0v) is 10.3. The van der Waals surface area contributed by atoms with Crippen LogP contribution in [-0.4, -0.2) is 10.7 Å². The Morgan fingerprint density at radius 3 is 2.71 bits per heavy atom. The highest BCUT2D eigenvalue weighted by Crippen LogP contribution is 2.11. The van der Waals surface area contributed by atoms with E-state index in [2.05, 4.69) is 15.9 Å². The summed E-state index contributed by atoms with van der Waals surface area (Å²) in [6, 6.07) is 11.2. The smallest absolute Gasteiger partial charge is 0.328 e. The van der Waals surface area contributed by atoms with Crippen molar-refractivity contribution in [1.82, 2.24) is 4.73 Å². The average molecular weight is 294 g/mol. The molecule has 0 unspecified atom stereocenters. The second-order valence-corrected chi connectivity index (χ2v) is 4.17. The van der Waals surface area contributed by atoms with Gasteiger partial charge in [-0.3, -0.25) is 4.79 Å². The van der Waals surface area contributed by atoms with Gasteiger partial charge in [0.15, 0.2) is 0 Å². The summed E-state index contributed by atoms with van der Waals surface area (Å²) < 4.78 is 1.66. The zero-order valence-electron chi connectivity index (χ0n) is 8.67. The van der Waals surface area contributed by atoms with Crippen LogP contribution in [-0.2, 0) is 0 Å². The summed E-state index contributed by atoms with van der Waals surface area (Å²) in [5, 5.41) is 0. The third kappa shape index (κ3) is 2.82. The van der Waals surface area contributed by atoms with Gasteiger partial charge in [0, 0.05) is 16.7 Å². The first-order chi connectivity index (χ1) is 8.16. The number of nitrogens with zero attached hydrogens (tertiary/aromatic N) is 1. The van der Waals surface area contributed by atoms with Gasteiger partial charge in [0.2, 0.25) is 0 Å². The summed E-state index contributed by atoms with van der Waals surface area (Å²) in [7, 11) is 0. The molecular formula is C12H8BrNO3. The molecule has 0 spiro atoms. The summed E-state index contributed by atoms with van der Waals surface area (Å²) in [5.41, 5.74) is -0.0222. The Balaban J connectivity index is 2.23. The van der Waals surface area contributed by atoms with Gasteiger partial charge in [0.05, 0.1) is 5.56 Å². The number of halogens is 1. The van der Waals surface area contributed by atoms with Gasteiger partial charge >= 0.3 is 5.97 Å². The van der Waals surface area contributed by atoms with E-state index in [9.17, 15) is 9.59 Å². The van der Waals surface area contributed by atoms with Gasteiger partial charge in [-0.15, -0.1) is 4.73 Å². The molecule has 0 fully saturated rings. The average Bonchev–Trinajstić information content (AvgIpc) is 2.32. The molecule has 2 rings (SSSR count). The van der Waals surface area contributed by atoms with Crippen LogP contribution in [0.25, 0.3) is 0 Å². The normalized spacial score (nSPS) is 9.94. The van der Waals surface area contributed by atoms with E-state index < -0.39 is 11.5 Å². The predicted octanol–water partition coefficient (Wildman–Crippen LogP) is 1.88. The lowest BCUT2D eigenvalue weighted by molar-refractivity contribution is 0.0442. The van der Waals surface area contributed by atoms with Crippen molar-refractivity contribution < 1.29 is 9.63 Å². The molecule has 0 atom stereocenters. The number of pyridine rings is 1. The molecular weight excluding hydrogens is 286 g/mol. The molecule has 0 bridgehead atoms. The van der Waals surface area contributed by atoms with E-state index in [1.165, 1.54) is 12.3 Å². The topological polar surface area (TPSA) is 48.3 Å². The molecule has 4 nitrogen and oxygen atoms in total. The van der Waals surface area contributed by atoms with E-state index in [1.807, 2.05) is 0 Å². The molecule has 0 aliphatic heterocycles. The lowest BCUT2D eigenvalue weighted by Crippen LogP contribution is -2.29. The van der Waals surface area contributed by atoms with E-state index in [0.29, 0.717) is 5.56 Å². The Morgan fingerprint density at radius 2 is 2.00 bits per heavy atom. The van der Waals surface area contributed by atoms with Crippen LogP contribution in [0.1, 0.15) is 10.4 Å². The summed E-state index contributed by atoms with van der Waals surface area (Å²) >= 11 is 3.25. The first-order valence-electron chi connectivity index (χ1n) is 4.83. The number of carbonyl (C=O) groups is 1. The maximum absolute atomic E-state index is 11.7. The van der Waals surface area contributed by atoms with Crippen LogP contribution in [0.5, 0.6) is 0 Å². The summed E-state index contributed by atoms with van der Waals surface area (Å²) in [6.45, 7) is 0. The van der Waals surface area contributed by atoms with Crippen molar-refractivity contribution in [3.63, 3.8) is 0 Å². The molecule has 17 heavy (non-hydrogen) atoms. The van der Waals surface area contributed by atoms with Gasteiger partial charge in [-0.25, -0.2) is 4.79 Å². The van der Waals surface area contributed by atoms with Crippen molar-refractivity contribution >= 4 is 21.9 Å². The van der Waals surface area contributed by atoms with Crippen LogP contribution in [0, 0.1) is 0 Å². The van der Waals surface area contributed by atoms with Crippen molar-refractivity contribution in [1.29, 1.82) is 0 Å². The highest BCUT2D eigenvalue weighted by molar-refractivity contribution is 9.10. The molecule has 0 aliphatic rings. The van der Waals surface area contributed by atoms with Crippen LogP contribution < -0.4 is 10.4 Å². The summed E-state index contributed by atoms with van der Waals surface area (Å²) in [6.07, 6.45) is 1.39. The van der Waals surface area contributed by atoms with Gasteiger partial charge in [0.25, 0.3) is 5.56 Å². The Bertz CT molecular complexity index is 606. The zero-order chi connectivity index (χ0) is 12.3. The highest BCUT2D eigenvalue weighted by Gasteiger charge is 2.09. The standard InChI is InChI=1S/C12H8BrNO3/c13-10-5-3-4-9(8-10)12(16)17-14-7-2-1-6-11(14)15/h1-8H. The van der Waals surface area contributed by atoms with Crippen molar-refractivity contribution in [2.45, 2.75) is 0 Å². The minimum atomic E-state index is -0.584. The third-order valence-electron chi connectivity index (χ3n) is 2.03. The lowest BCUT2D eigenvalue weighted by atomic mass is 10.2. The van der Waals surface area contributed by atoms with Crippen molar-refractivity contribution in [3.05, 3.63) is 69.1 Å². The number of benzene rings is 1. The maximum atomic E-state index is 11.7. The van der Waals surface area contributed by atoms with Gasteiger partial charge in [-0.05, 0) is 24.3 Å². The Hall–Kier alpha value is -1.88. The highest BCUT2D eigenvalue weighted by atomic mass is 79.9. The minimum Gasteiger partial charge on any atom is -0.328 e. The molecule has 2 aromatic rings. The summed E-state index contributed by atoms with van der Waals surface area (Å²) in [5.74, 6) is -0.584. The molecule has 0 saturated heterocycles. The quantitative estimate of drug-likeness (QED) is 0.849. The lowest BCUT2D eigenvalue weighted by Gasteiger charge is -2.05. The molecule has 1 heterocycles. The van der Waals surface area contributed by atoms with Crippen LogP contribution in [0.2, 0.25) is 0 Å². The number of aromatic nitrogens is 1. The van der Waals surface area contributed by atoms with E-state index >= 15 is 0 Å². The molecule has 0 N–H and O–H groups in total. The maximum Gasteiger partial charge on any atom is 0.363 e. The van der Waals surface area contributed by atoms with Gasteiger partial charge in [-0.2, -0.15) is 0 Å². The number of carbonyl (C=O) groups excluding carboxylic acids is 1. The molecule has 1 aromatic heterocycles. The van der Waals surface area contributed by atoms with Gasteiger partial charge in [-0.1, -0.05) is 28.1 Å². The molecule has 0 radical (unpaired) electrons. The van der Waals surface area contributed by atoms with Gasteiger partial charge in [0.1, 0.15) is 0 Å². The van der Waals surface area contributed by atoms with E-state index in [4.69, 9.17) is 4.84 Å². The number of hydrogen-bond donors (Lipinski definition) is 0. The monoisotopic (exact) mass is 293 g/mol. The summed E-state index contributed by atoms with van der Waals surface area (Å²) in [4.78, 5) is 28.0. The number of hydrogen-bond acceptors (Lipinski definition) is 3. The second-order valence-electron chi connectivity index (χ2n) is 3.25. The Morgan fingerprint density at radius 1 is 1.18 bits per heavy atom. The fourth-order valence-corrected chi connectivity index (χ4v) is 1.64. The van der Waals surface area contributed by atoms with E-state index in [1.54, 1.807) is 36.4 Å². The van der Waals surface area contributed by atoms with E-state index in [-0.39, 0.29) is 0 Å². The first kappa shape index (κ1) is 11.6. The second kappa shape index (κ2) is 4.97. The Kier molecular flexibility index (Phi) is 3.39. The minimum absolute atomic E-state index is 0.370. The molecule has 0 saturated carbocycles. The van der Waals surface area contributed by atoms with Crippen LogP contribution in [0.15, 0.2) is 57.9 Å². The van der Waals surface area contributed by atoms with Crippen molar-refractivity contribution in [3.8, 4) is 0 Å². The fraction of sp³-hybridized carbons (Fsp3) is 0. The SMILES string of the molecule is O=C(On1ccccc1=O)c1cccc(Br)c1. The third-order valence-corrected chi connectivity index (χ3v) is 2.52. The van der Waals surface area contributed by atoms with Crippen LogP contribution in [0.3, 0.4) is 0 Å².